The molecule has 0 unspecified atom stereocenters. The molecule has 0 aromatic rings. The highest BCUT2D eigenvalue weighted by Crippen LogP contribution is 2.35. The quantitative estimate of drug-likeness (QED) is 0.539. The zero-order valence-electron chi connectivity index (χ0n) is 12.2. The predicted molar refractivity (Wildman–Crippen MR) is 81.3 cm³/mol. The van der Waals surface area contributed by atoms with E-state index in [4.69, 9.17) is 4.74 Å². The van der Waals surface area contributed by atoms with Crippen molar-refractivity contribution in [1.29, 1.82) is 0 Å². The van der Waals surface area contributed by atoms with E-state index < -0.39 is 0 Å². The lowest BCUT2D eigenvalue weighted by Crippen LogP contribution is -2.21. The van der Waals surface area contributed by atoms with Crippen molar-refractivity contribution in [3.05, 3.63) is 0 Å². The number of carbonyl (C=O) groups is 1. The van der Waals surface area contributed by atoms with Gasteiger partial charge in [0, 0.05) is 0 Å². The largest absolute Gasteiger partial charge is 0.461 e. The van der Waals surface area contributed by atoms with Gasteiger partial charge in [-0.1, -0.05) is 61.9 Å². The van der Waals surface area contributed by atoms with Gasteiger partial charge in [0.2, 0.25) is 0 Å². The van der Waals surface area contributed by atoms with Gasteiger partial charge in [-0.15, -0.1) is 0 Å². The summed E-state index contributed by atoms with van der Waals surface area (Å²) in [5, 5.41) is 0. The number of hydrogen-bond acceptors (Lipinski definition) is 2. The molecule has 1 saturated heterocycles. The average Bonchev–Trinajstić information content (AvgIpc) is 2.79. The molecule has 0 N–H and O–H groups in total. The van der Waals surface area contributed by atoms with Gasteiger partial charge < -0.3 is 4.74 Å². The first-order valence-corrected chi connectivity index (χ1v) is 8.84. The number of carbonyl (C=O) groups excluding carboxylic acids is 1. The van der Waals surface area contributed by atoms with Gasteiger partial charge in [-0.25, -0.2) is 0 Å². The Morgan fingerprint density at radius 1 is 1.26 bits per heavy atom. The molecule has 1 aliphatic carbocycles. The van der Waals surface area contributed by atoms with E-state index in [1.54, 1.807) is 0 Å². The van der Waals surface area contributed by atoms with Crippen molar-refractivity contribution >= 4 is 21.9 Å². The highest BCUT2D eigenvalue weighted by atomic mass is 79.9. The van der Waals surface area contributed by atoms with Crippen molar-refractivity contribution in [3.8, 4) is 0 Å². The summed E-state index contributed by atoms with van der Waals surface area (Å²) in [7, 11) is 0. The van der Waals surface area contributed by atoms with Crippen molar-refractivity contribution in [3.63, 3.8) is 0 Å². The van der Waals surface area contributed by atoms with E-state index in [2.05, 4.69) is 29.8 Å². The van der Waals surface area contributed by atoms with Crippen molar-refractivity contribution in [2.24, 2.45) is 17.8 Å². The molecule has 0 spiro atoms. The van der Waals surface area contributed by atoms with Crippen LogP contribution in [0.4, 0.5) is 0 Å². The van der Waals surface area contributed by atoms with Gasteiger partial charge in [0.15, 0.2) is 0 Å². The molecule has 0 amide bonds. The van der Waals surface area contributed by atoms with Gasteiger partial charge in [0.1, 0.15) is 6.10 Å². The third-order valence-electron chi connectivity index (χ3n) is 4.84. The molecule has 1 aliphatic heterocycles. The van der Waals surface area contributed by atoms with Crippen LogP contribution in [0.1, 0.15) is 65.2 Å². The Morgan fingerprint density at radius 3 is 2.53 bits per heavy atom. The van der Waals surface area contributed by atoms with Crippen LogP contribution in [0, 0.1) is 17.8 Å². The standard InChI is InChI=1S/C16H27BrO2/c1-11(2)13-10-15(19-16(13)18)14(17)9-8-12-6-4-3-5-7-12/h11-15H,3-10H2,1-2H3/t13-,14+,15-/m0/s1. The average molecular weight is 331 g/mol. The number of alkyl halides is 1. The summed E-state index contributed by atoms with van der Waals surface area (Å²) in [6.45, 7) is 4.22. The number of rotatable bonds is 5. The molecule has 3 atom stereocenters. The minimum absolute atomic E-state index is 0.0158. The Labute approximate surface area is 125 Å². The fourth-order valence-electron chi connectivity index (χ4n) is 3.45. The van der Waals surface area contributed by atoms with E-state index in [0.29, 0.717) is 10.7 Å². The monoisotopic (exact) mass is 330 g/mol. The summed E-state index contributed by atoms with van der Waals surface area (Å²) < 4.78 is 5.55. The van der Waals surface area contributed by atoms with Gasteiger partial charge >= 0.3 is 5.97 Å². The van der Waals surface area contributed by atoms with E-state index in [9.17, 15) is 4.79 Å². The fraction of sp³-hybridized carbons (Fsp3) is 0.938. The van der Waals surface area contributed by atoms with E-state index in [1.165, 1.54) is 38.5 Å². The summed E-state index contributed by atoms with van der Waals surface area (Å²) >= 11 is 3.76. The number of cyclic esters (lactones) is 1. The van der Waals surface area contributed by atoms with E-state index in [0.717, 1.165) is 18.8 Å². The molecule has 0 radical (unpaired) electrons. The van der Waals surface area contributed by atoms with Gasteiger partial charge in [-0.05, 0) is 31.1 Å². The third-order valence-corrected chi connectivity index (χ3v) is 5.89. The Balaban J connectivity index is 1.74. The summed E-state index contributed by atoms with van der Waals surface area (Å²) in [5.41, 5.74) is 0. The maximum absolute atomic E-state index is 11.8. The smallest absolute Gasteiger partial charge is 0.309 e. The first kappa shape index (κ1) is 15.3. The molecule has 1 saturated carbocycles. The van der Waals surface area contributed by atoms with Crippen LogP contribution in [0.3, 0.4) is 0 Å². The Hall–Kier alpha value is -0.0500. The lowest BCUT2D eigenvalue weighted by atomic mass is 9.85. The second-order valence-electron chi connectivity index (χ2n) is 6.66. The first-order chi connectivity index (χ1) is 9.08. The molecular formula is C16H27BrO2. The van der Waals surface area contributed by atoms with Crippen molar-refractivity contribution in [1.82, 2.24) is 0 Å². The molecule has 2 rings (SSSR count). The maximum atomic E-state index is 11.8. The SMILES string of the molecule is CC(C)[C@@H]1C[C@@H]([C@H](Br)CCC2CCCCC2)OC1=O. The Bertz CT molecular complexity index is 297. The van der Waals surface area contributed by atoms with E-state index in [-0.39, 0.29) is 18.0 Å². The topological polar surface area (TPSA) is 26.3 Å². The molecule has 1 heterocycles. The van der Waals surface area contributed by atoms with Crippen LogP contribution in [0.5, 0.6) is 0 Å². The molecule has 2 aliphatic rings. The summed E-state index contributed by atoms with van der Waals surface area (Å²) in [6.07, 6.45) is 10.5. The third kappa shape index (κ3) is 4.21. The number of halogens is 1. The predicted octanol–water partition coefficient (Wildman–Crippen LogP) is 4.70. The Kier molecular flexibility index (Phi) is 5.73. The molecule has 19 heavy (non-hydrogen) atoms. The zero-order valence-corrected chi connectivity index (χ0v) is 13.8. The molecule has 0 aromatic carbocycles. The molecule has 2 fully saturated rings. The van der Waals surface area contributed by atoms with Gasteiger partial charge in [0.05, 0.1) is 10.7 Å². The van der Waals surface area contributed by atoms with Crippen LogP contribution in [-0.4, -0.2) is 16.9 Å². The number of hydrogen-bond donors (Lipinski definition) is 0. The van der Waals surface area contributed by atoms with Crippen LogP contribution in [0.25, 0.3) is 0 Å². The number of ether oxygens (including phenoxy) is 1. The minimum Gasteiger partial charge on any atom is -0.461 e. The van der Waals surface area contributed by atoms with E-state index >= 15 is 0 Å². The van der Waals surface area contributed by atoms with Crippen LogP contribution < -0.4 is 0 Å². The molecule has 0 aromatic heterocycles. The summed E-state index contributed by atoms with van der Waals surface area (Å²) in [6, 6.07) is 0. The zero-order chi connectivity index (χ0) is 13.8. The number of esters is 1. The lowest BCUT2D eigenvalue weighted by molar-refractivity contribution is -0.145. The maximum Gasteiger partial charge on any atom is 0.309 e. The highest BCUT2D eigenvalue weighted by molar-refractivity contribution is 9.09. The van der Waals surface area contributed by atoms with Crippen molar-refractivity contribution in [2.75, 3.05) is 0 Å². The van der Waals surface area contributed by atoms with E-state index in [1.807, 2.05) is 0 Å². The normalized spacial score (nSPS) is 30.6. The molecular weight excluding hydrogens is 304 g/mol. The minimum atomic E-state index is 0.0158. The van der Waals surface area contributed by atoms with Crippen LogP contribution in [-0.2, 0) is 9.53 Å². The van der Waals surface area contributed by atoms with Gasteiger partial charge in [-0.3, -0.25) is 4.79 Å². The van der Waals surface area contributed by atoms with Gasteiger partial charge in [-0.2, -0.15) is 0 Å². The second-order valence-corrected chi connectivity index (χ2v) is 7.84. The van der Waals surface area contributed by atoms with Crippen molar-refractivity contribution in [2.45, 2.75) is 76.1 Å². The molecule has 3 heteroatoms. The summed E-state index contributed by atoms with van der Waals surface area (Å²) in [5.74, 6) is 1.43. The van der Waals surface area contributed by atoms with Crippen LogP contribution in [0.2, 0.25) is 0 Å². The van der Waals surface area contributed by atoms with Crippen LogP contribution >= 0.6 is 15.9 Å². The summed E-state index contributed by atoms with van der Waals surface area (Å²) in [4.78, 5) is 12.1. The molecule has 110 valence electrons. The first-order valence-electron chi connectivity index (χ1n) is 7.92. The molecule has 0 bridgehead atoms. The van der Waals surface area contributed by atoms with Crippen molar-refractivity contribution < 1.29 is 9.53 Å². The lowest BCUT2D eigenvalue weighted by Gasteiger charge is -2.24. The second kappa shape index (κ2) is 7.10. The highest BCUT2D eigenvalue weighted by Gasteiger charge is 2.39. The van der Waals surface area contributed by atoms with Crippen LogP contribution in [0.15, 0.2) is 0 Å². The fourth-order valence-corrected chi connectivity index (χ4v) is 4.04. The Morgan fingerprint density at radius 2 is 1.95 bits per heavy atom. The van der Waals surface area contributed by atoms with Gasteiger partial charge in [0.25, 0.3) is 0 Å². The molecule has 2 nitrogen and oxygen atoms in total.